The highest BCUT2D eigenvalue weighted by molar-refractivity contribution is 5.71. The normalized spacial score (nSPS) is 10.8. The monoisotopic (exact) mass is 272 g/mol. The van der Waals surface area contributed by atoms with Gasteiger partial charge in [0.2, 0.25) is 0 Å². The van der Waals surface area contributed by atoms with Gasteiger partial charge in [-0.25, -0.2) is 0 Å². The number of aromatic nitrogens is 2. The van der Waals surface area contributed by atoms with E-state index in [-0.39, 0.29) is 6.42 Å². The van der Waals surface area contributed by atoms with Crippen LogP contribution in [0.5, 0.6) is 0 Å². The summed E-state index contributed by atoms with van der Waals surface area (Å²) < 4.78 is 0. The Hall–Kier alpha value is -2.10. The van der Waals surface area contributed by atoms with E-state index in [1.165, 1.54) is 11.1 Å². The summed E-state index contributed by atoms with van der Waals surface area (Å²) in [6.07, 6.45) is 0.622. The minimum Gasteiger partial charge on any atom is -0.481 e. The van der Waals surface area contributed by atoms with Crippen LogP contribution in [0.25, 0.3) is 11.3 Å². The molecule has 0 amide bonds. The molecule has 0 radical (unpaired) electrons. The molecule has 1 aromatic heterocycles. The Balaban J connectivity index is 2.48. The Bertz CT molecular complexity index is 657. The summed E-state index contributed by atoms with van der Waals surface area (Å²) in [7, 11) is 0. The molecule has 20 heavy (non-hydrogen) atoms. The predicted octanol–water partition coefficient (Wildman–Crippen LogP) is 3.33. The van der Waals surface area contributed by atoms with E-state index in [4.69, 9.17) is 5.11 Å². The first-order valence-electron chi connectivity index (χ1n) is 6.74. The van der Waals surface area contributed by atoms with Crippen molar-refractivity contribution < 1.29 is 9.90 Å². The van der Waals surface area contributed by atoms with E-state index < -0.39 is 5.97 Å². The highest BCUT2D eigenvalue weighted by Crippen LogP contribution is 2.29. The maximum atomic E-state index is 10.8. The zero-order valence-electron chi connectivity index (χ0n) is 12.4. The van der Waals surface area contributed by atoms with Crippen LogP contribution in [-0.4, -0.2) is 21.3 Å². The van der Waals surface area contributed by atoms with E-state index in [9.17, 15) is 4.79 Å². The van der Waals surface area contributed by atoms with Gasteiger partial charge < -0.3 is 5.11 Å². The third-order valence-electron chi connectivity index (χ3n) is 3.76. The van der Waals surface area contributed by atoms with Gasteiger partial charge in [0.05, 0.1) is 5.69 Å². The first kappa shape index (κ1) is 14.3. The first-order chi connectivity index (χ1) is 9.40. The van der Waals surface area contributed by atoms with Crippen LogP contribution in [0.3, 0.4) is 0 Å². The molecule has 0 spiro atoms. The van der Waals surface area contributed by atoms with Crippen molar-refractivity contribution in [3.8, 4) is 11.3 Å². The van der Waals surface area contributed by atoms with Gasteiger partial charge in [-0.2, -0.15) is 5.10 Å². The van der Waals surface area contributed by atoms with Gasteiger partial charge in [-0.05, 0) is 56.9 Å². The Morgan fingerprint density at radius 1 is 1.15 bits per heavy atom. The lowest BCUT2D eigenvalue weighted by atomic mass is 9.95. The second kappa shape index (κ2) is 5.49. The Morgan fingerprint density at radius 3 is 2.45 bits per heavy atom. The molecular formula is C16H20N2O2. The summed E-state index contributed by atoms with van der Waals surface area (Å²) in [4.78, 5) is 10.8. The van der Waals surface area contributed by atoms with Crippen LogP contribution >= 0.6 is 0 Å². The number of hydrogen-bond acceptors (Lipinski definition) is 2. The third kappa shape index (κ3) is 2.74. The molecule has 2 N–H and O–H groups in total. The van der Waals surface area contributed by atoms with E-state index in [0.29, 0.717) is 6.42 Å². The number of nitrogens with zero attached hydrogens (tertiary/aromatic N) is 1. The number of carboxylic acids is 1. The SMILES string of the molecule is Cc1cc(C)c(-c2n[nH]c(C)c2CCC(=O)O)cc1C. The Kier molecular flexibility index (Phi) is 3.93. The van der Waals surface area contributed by atoms with Crippen LogP contribution < -0.4 is 0 Å². The molecule has 0 unspecified atom stereocenters. The van der Waals surface area contributed by atoms with Crippen molar-refractivity contribution in [2.75, 3.05) is 0 Å². The van der Waals surface area contributed by atoms with Crippen molar-refractivity contribution in [3.05, 3.63) is 40.1 Å². The lowest BCUT2D eigenvalue weighted by Crippen LogP contribution is -2.00. The molecule has 4 heteroatoms. The van der Waals surface area contributed by atoms with Crippen molar-refractivity contribution in [1.29, 1.82) is 0 Å². The molecule has 0 saturated carbocycles. The van der Waals surface area contributed by atoms with Gasteiger partial charge in [-0.15, -0.1) is 0 Å². The number of nitrogens with one attached hydrogen (secondary N) is 1. The maximum Gasteiger partial charge on any atom is 0.303 e. The quantitative estimate of drug-likeness (QED) is 0.897. The number of benzene rings is 1. The lowest BCUT2D eigenvalue weighted by molar-refractivity contribution is -0.136. The molecule has 0 aliphatic heterocycles. The lowest BCUT2D eigenvalue weighted by Gasteiger charge is -2.10. The van der Waals surface area contributed by atoms with E-state index >= 15 is 0 Å². The second-order valence-electron chi connectivity index (χ2n) is 5.32. The van der Waals surface area contributed by atoms with Gasteiger partial charge in [0, 0.05) is 23.2 Å². The molecule has 0 aliphatic rings. The zero-order chi connectivity index (χ0) is 14.9. The summed E-state index contributed by atoms with van der Waals surface area (Å²) in [6, 6.07) is 4.28. The molecule has 0 saturated heterocycles. The number of rotatable bonds is 4. The van der Waals surface area contributed by atoms with Crippen LogP contribution in [-0.2, 0) is 11.2 Å². The number of carboxylic acid groups (broad SMARTS) is 1. The number of aromatic amines is 1. The van der Waals surface area contributed by atoms with Crippen molar-refractivity contribution in [2.24, 2.45) is 0 Å². The van der Waals surface area contributed by atoms with Gasteiger partial charge in [0.25, 0.3) is 0 Å². The number of aliphatic carboxylic acids is 1. The number of H-pyrrole nitrogens is 1. The average molecular weight is 272 g/mol. The molecule has 2 aromatic rings. The van der Waals surface area contributed by atoms with Crippen molar-refractivity contribution >= 4 is 5.97 Å². The van der Waals surface area contributed by atoms with E-state index in [1.807, 2.05) is 6.92 Å². The van der Waals surface area contributed by atoms with E-state index in [1.54, 1.807) is 0 Å². The average Bonchev–Trinajstić information content (AvgIpc) is 2.72. The molecule has 4 nitrogen and oxygen atoms in total. The van der Waals surface area contributed by atoms with Crippen molar-refractivity contribution in [2.45, 2.75) is 40.5 Å². The largest absolute Gasteiger partial charge is 0.481 e. The molecule has 0 atom stereocenters. The Morgan fingerprint density at radius 2 is 1.80 bits per heavy atom. The minimum absolute atomic E-state index is 0.122. The van der Waals surface area contributed by atoms with Crippen LogP contribution in [0.4, 0.5) is 0 Å². The fourth-order valence-electron chi connectivity index (χ4n) is 2.43. The Labute approximate surface area is 118 Å². The molecular weight excluding hydrogens is 252 g/mol. The van der Waals surface area contributed by atoms with Gasteiger partial charge in [0.1, 0.15) is 0 Å². The van der Waals surface area contributed by atoms with Crippen LogP contribution in [0.1, 0.15) is 34.4 Å². The van der Waals surface area contributed by atoms with Crippen LogP contribution in [0, 0.1) is 27.7 Å². The third-order valence-corrected chi connectivity index (χ3v) is 3.76. The number of aryl methyl sites for hydroxylation is 4. The maximum absolute atomic E-state index is 10.8. The highest BCUT2D eigenvalue weighted by atomic mass is 16.4. The summed E-state index contributed by atoms with van der Waals surface area (Å²) in [6.45, 7) is 8.17. The van der Waals surface area contributed by atoms with Crippen molar-refractivity contribution in [1.82, 2.24) is 10.2 Å². The standard InChI is InChI=1S/C16H20N2O2/c1-9-7-11(3)14(8-10(9)2)16-13(5-6-15(19)20)12(4)17-18-16/h7-8H,5-6H2,1-4H3,(H,17,18)(H,19,20). The molecule has 1 aromatic carbocycles. The molecule has 0 bridgehead atoms. The van der Waals surface area contributed by atoms with Crippen LogP contribution in [0.15, 0.2) is 12.1 Å². The van der Waals surface area contributed by atoms with E-state index in [2.05, 4.69) is 43.1 Å². The topological polar surface area (TPSA) is 66.0 Å². The fraction of sp³-hybridized carbons (Fsp3) is 0.375. The number of carbonyl (C=O) groups is 1. The van der Waals surface area contributed by atoms with Gasteiger partial charge in [-0.1, -0.05) is 6.07 Å². The molecule has 1 heterocycles. The van der Waals surface area contributed by atoms with Gasteiger partial charge >= 0.3 is 5.97 Å². The zero-order valence-corrected chi connectivity index (χ0v) is 12.4. The molecule has 106 valence electrons. The van der Waals surface area contributed by atoms with E-state index in [0.717, 1.165) is 28.1 Å². The molecule has 2 rings (SSSR count). The number of hydrogen-bond donors (Lipinski definition) is 2. The smallest absolute Gasteiger partial charge is 0.303 e. The molecule has 0 fully saturated rings. The van der Waals surface area contributed by atoms with Crippen molar-refractivity contribution in [3.63, 3.8) is 0 Å². The summed E-state index contributed by atoms with van der Waals surface area (Å²) in [5, 5.41) is 16.2. The first-order valence-corrected chi connectivity index (χ1v) is 6.74. The van der Waals surface area contributed by atoms with Gasteiger partial charge in [-0.3, -0.25) is 9.89 Å². The molecule has 0 aliphatic carbocycles. The highest BCUT2D eigenvalue weighted by Gasteiger charge is 2.15. The second-order valence-corrected chi connectivity index (χ2v) is 5.32. The van der Waals surface area contributed by atoms with Gasteiger partial charge in [0.15, 0.2) is 0 Å². The fourth-order valence-corrected chi connectivity index (χ4v) is 2.43. The van der Waals surface area contributed by atoms with Crippen LogP contribution in [0.2, 0.25) is 0 Å². The summed E-state index contributed by atoms with van der Waals surface area (Å²) in [5.74, 6) is -0.784. The summed E-state index contributed by atoms with van der Waals surface area (Å²) in [5.41, 5.74) is 7.54. The predicted molar refractivity (Wildman–Crippen MR) is 78.9 cm³/mol. The summed E-state index contributed by atoms with van der Waals surface area (Å²) >= 11 is 0. The minimum atomic E-state index is -0.784.